The maximum Gasteiger partial charge on any atom is 0.198 e. The highest BCUT2D eigenvalue weighted by atomic mass is 15.2. The molecule has 2 aliphatic rings. The van der Waals surface area contributed by atoms with Crippen molar-refractivity contribution in [1.29, 1.82) is 0 Å². The van der Waals surface area contributed by atoms with Crippen molar-refractivity contribution in [2.45, 2.75) is 44.6 Å². The zero-order valence-corrected chi connectivity index (χ0v) is 10.4. The molecule has 0 radical (unpaired) electrons. The summed E-state index contributed by atoms with van der Waals surface area (Å²) in [4.78, 5) is 3.44. The molecule has 2 saturated heterocycles. The van der Waals surface area contributed by atoms with Gasteiger partial charge < -0.3 is 9.80 Å². The highest BCUT2D eigenvalue weighted by Crippen LogP contribution is 1.96. The number of likely N-dealkylation sites (tertiary alicyclic amines) is 2. The standard InChI is InChI=1S/C14H24N2/c1-2-14(16-11-7-4-8-12-16)13-15-9-5-3-6-10-15/h1,14H,3-13H2/p+2. The summed E-state index contributed by atoms with van der Waals surface area (Å²) in [5, 5.41) is 0. The fourth-order valence-corrected chi connectivity index (χ4v) is 3.22. The number of terminal acetylenes is 1. The fraction of sp³-hybridized carbons (Fsp3) is 0.857. The molecule has 0 aliphatic carbocycles. The predicted octanol–water partition coefficient (Wildman–Crippen LogP) is -0.874. The Labute approximate surface area is 100.0 Å². The first kappa shape index (κ1) is 12.0. The summed E-state index contributed by atoms with van der Waals surface area (Å²) in [7, 11) is 0. The Hall–Kier alpha value is -0.520. The molecule has 2 heterocycles. The first-order chi connectivity index (χ1) is 7.90. The third kappa shape index (κ3) is 3.23. The summed E-state index contributed by atoms with van der Waals surface area (Å²) in [6.45, 7) is 6.53. The van der Waals surface area contributed by atoms with Crippen molar-refractivity contribution in [2.75, 3.05) is 32.7 Å². The molecule has 2 aliphatic heterocycles. The lowest BCUT2D eigenvalue weighted by Gasteiger charge is -2.31. The van der Waals surface area contributed by atoms with Crippen molar-refractivity contribution < 1.29 is 9.80 Å². The van der Waals surface area contributed by atoms with Crippen LogP contribution >= 0.6 is 0 Å². The number of rotatable bonds is 3. The highest BCUT2D eigenvalue weighted by Gasteiger charge is 2.27. The smallest absolute Gasteiger partial charge is 0.198 e. The van der Waals surface area contributed by atoms with Crippen molar-refractivity contribution in [2.24, 2.45) is 0 Å². The quantitative estimate of drug-likeness (QED) is 0.574. The summed E-state index contributed by atoms with van der Waals surface area (Å²) >= 11 is 0. The topological polar surface area (TPSA) is 8.88 Å². The van der Waals surface area contributed by atoms with Gasteiger partial charge in [0.2, 0.25) is 0 Å². The molecule has 1 atom stereocenters. The SMILES string of the molecule is C#CC(C[NH+]1CCCCC1)[NH+]1CCCCC1. The van der Waals surface area contributed by atoms with Gasteiger partial charge in [-0.3, -0.25) is 0 Å². The average molecular weight is 222 g/mol. The van der Waals surface area contributed by atoms with E-state index in [1.807, 2.05) is 0 Å². The molecule has 0 aromatic heterocycles. The zero-order chi connectivity index (χ0) is 11.2. The van der Waals surface area contributed by atoms with E-state index < -0.39 is 0 Å². The Bertz CT molecular complexity index is 232. The molecule has 2 nitrogen and oxygen atoms in total. The molecular weight excluding hydrogens is 196 g/mol. The Morgan fingerprint density at radius 2 is 1.44 bits per heavy atom. The Morgan fingerprint density at radius 1 is 0.875 bits per heavy atom. The summed E-state index contributed by atoms with van der Waals surface area (Å²) < 4.78 is 0. The lowest BCUT2D eigenvalue weighted by Crippen LogP contribution is -3.23. The first-order valence-electron chi connectivity index (χ1n) is 7.04. The maximum absolute atomic E-state index is 5.74. The molecule has 0 bridgehead atoms. The van der Waals surface area contributed by atoms with Gasteiger partial charge in [0.05, 0.1) is 26.2 Å². The molecule has 0 saturated carbocycles. The largest absolute Gasteiger partial charge is 0.329 e. The number of hydrogen-bond donors (Lipinski definition) is 2. The molecule has 2 N–H and O–H groups in total. The van der Waals surface area contributed by atoms with Crippen LogP contribution in [0.3, 0.4) is 0 Å². The molecule has 0 spiro atoms. The van der Waals surface area contributed by atoms with E-state index in [0.717, 1.165) is 0 Å². The van der Waals surface area contributed by atoms with E-state index in [4.69, 9.17) is 6.42 Å². The van der Waals surface area contributed by atoms with Gasteiger partial charge in [0.1, 0.15) is 6.54 Å². The summed E-state index contributed by atoms with van der Waals surface area (Å²) in [5.41, 5.74) is 0. The van der Waals surface area contributed by atoms with Crippen molar-refractivity contribution in [3.8, 4) is 12.3 Å². The first-order valence-corrected chi connectivity index (χ1v) is 7.04. The van der Waals surface area contributed by atoms with Crippen LogP contribution < -0.4 is 9.80 Å². The van der Waals surface area contributed by atoms with Gasteiger partial charge in [-0.1, -0.05) is 0 Å². The van der Waals surface area contributed by atoms with E-state index in [2.05, 4.69) is 5.92 Å². The maximum atomic E-state index is 5.74. The Kier molecular flexibility index (Phi) is 4.69. The van der Waals surface area contributed by atoms with Gasteiger partial charge in [-0.15, -0.1) is 6.42 Å². The van der Waals surface area contributed by atoms with E-state index in [-0.39, 0.29) is 0 Å². The van der Waals surface area contributed by atoms with Crippen molar-refractivity contribution in [3.05, 3.63) is 0 Å². The predicted molar refractivity (Wildman–Crippen MR) is 66.6 cm³/mol. The number of nitrogens with one attached hydrogen (secondary N) is 2. The Morgan fingerprint density at radius 3 is 2.00 bits per heavy atom. The second kappa shape index (κ2) is 6.27. The van der Waals surface area contributed by atoms with E-state index in [1.165, 1.54) is 71.2 Å². The van der Waals surface area contributed by atoms with Crippen molar-refractivity contribution >= 4 is 0 Å². The van der Waals surface area contributed by atoms with E-state index in [9.17, 15) is 0 Å². The minimum atomic E-state index is 0.480. The molecular formula is C14H26N2+2. The second-order valence-electron chi connectivity index (χ2n) is 5.45. The average Bonchev–Trinajstić information content (AvgIpc) is 2.38. The normalized spacial score (nSPS) is 26.2. The van der Waals surface area contributed by atoms with Crippen molar-refractivity contribution in [1.82, 2.24) is 0 Å². The molecule has 90 valence electrons. The molecule has 0 aromatic rings. The molecule has 0 amide bonds. The second-order valence-corrected chi connectivity index (χ2v) is 5.45. The van der Waals surface area contributed by atoms with Crippen LogP contribution in [0.1, 0.15) is 38.5 Å². The van der Waals surface area contributed by atoms with Gasteiger partial charge in [-0.05, 0) is 44.4 Å². The van der Waals surface area contributed by atoms with Crippen LogP contribution in [-0.4, -0.2) is 38.8 Å². The van der Waals surface area contributed by atoms with Gasteiger partial charge in [-0.25, -0.2) is 0 Å². The molecule has 0 aromatic carbocycles. The number of quaternary nitrogens is 2. The van der Waals surface area contributed by atoms with E-state index in [0.29, 0.717) is 6.04 Å². The van der Waals surface area contributed by atoms with Crippen LogP contribution in [0.15, 0.2) is 0 Å². The summed E-state index contributed by atoms with van der Waals surface area (Å²) in [6, 6.07) is 0.480. The molecule has 1 unspecified atom stereocenters. The Balaban J connectivity index is 1.81. The molecule has 2 rings (SSSR count). The third-order valence-electron chi connectivity index (χ3n) is 4.24. The van der Waals surface area contributed by atoms with Crippen LogP contribution in [0.2, 0.25) is 0 Å². The highest BCUT2D eigenvalue weighted by molar-refractivity contribution is 4.93. The number of piperidine rings is 2. The van der Waals surface area contributed by atoms with E-state index >= 15 is 0 Å². The van der Waals surface area contributed by atoms with Gasteiger partial charge >= 0.3 is 0 Å². The van der Waals surface area contributed by atoms with Gasteiger partial charge in [0.25, 0.3) is 0 Å². The lowest BCUT2D eigenvalue weighted by atomic mass is 10.1. The van der Waals surface area contributed by atoms with Crippen LogP contribution in [-0.2, 0) is 0 Å². The van der Waals surface area contributed by atoms with Crippen LogP contribution in [0.25, 0.3) is 0 Å². The zero-order valence-electron chi connectivity index (χ0n) is 10.4. The minimum Gasteiger partial charge on any atom is -0.329 e. The summed E-state index contributed by atoms with van der Waals surface area (Å²) in [5.74, 6) is 3.06. The van der Waals surface area contributed by atoms with Gasteiger partial charge in [0, 0.05) is 0 Å². The van der Waals surface area contributed by atoms with Crippen LogP contribution in [0, 0.1) is 12.3 Å². The lowest BCUT2D eigenvalue weighted by molar-refractivity contribution is -0.974. The van der Waals surface area contributed by atoms with Crippen LogP contribution in [0.5, 0.6) is 0 Å². The van der Waals surface area contributed by atoms with Crippen molar-refractivity contribution in [3.63, 3.8) is 0 Å². The molecule has 16 heavy (non-hydrogen) atoms. The van der Waals surface area contributed by atoms with Gasteiger partial charge in [-0.2, -0.15) is 0 Å². The summed E-state index contributed by atoms with van der Waals surface area (Å²) in [6.07, 6.45) is 14.1. The fourth-order valence-electron chi connectivity index (χ4n) is 3.22. The molecule has 2 fully saturated rings. The third-order valence-corrected chi connectivity index (χ3v) is 4.24. The number of hydrogen-bond acceptors (Lipinski definition) is 0. The molecule has 2 heteroatoms. The van der Waals surface area contributed by atoms with Crippen LogP contribution in [0.4, 0.5) is 0 Å². The van der Waals surface area contributed by atoms with Gasteiger partial charge in [0.15, 0.2) is 6.04 Å². The monoisotopic (exact) mass is 222 g/mol. The van der Waals surface area contributed by atoms with E-state index in [1.54, 1.807) is 9.80 Å². The minimum absolute atomic E-state index is 0.480.